The molecule has 0 saturated carbocycles. The molecule has 57 heavy (non-hydrogen) atoms. The monoisotopic (exact) mass is 747 g/mol. The predicted octanol–water partition coefficient (Wildman–Crippen LogP) is 12.7. The zero-order valence-corrected chi connectivity index (χ0v) is 31.6. The molecule has 0 saturated heterocycles. The minimum atomic E-state index is 0.703. The largest absolute Gasteiger partial charge is 0.455 e. The van der Waals surface area contributed by atoms with Crippen LogP contribution in [0.3, 0.4) is 0 Å². The second-order valence-corrected chi connectivity index (χ2v) is 15.8. The summed E-state index contributed by atoms with van der Waals surface area (Å²) in [5, 5.41) is 7.22. The Balaban J connectivity index is 1.10. The highest BCUT2D eigenvalue weighted by Crippen LogP contribution is 2.42. The molecular formula is C52H33N3OS. The van der Waals surface area contributed by atoms with E-state index in [-0.39, 0.29) is 0 Å². The number of para-hydroxylation sites is 2. The van der Waals surface area contributed by atoms with Gasteiger partial charge in [0.25, 0.3) is 0 Å². The lowest BCUT2D eigenvalue weighted by Gasteiger charge is -2.13. The highest BCUT2D eigenvalue weighted by molar-refractivity contribution is 7.17. The highest BCUT2D eigenvalue weighted by Gasteiger charge is 2.21. The van der Waals surface area contributed by atoms with E-state index in [1.165, 1.54) is 30.8 Å². The molecule has 11 aromatic rings. The molecule has 0 radical (unpaired) electrons. The van der Waals surface area contributed by atoms with Crippen molar-refractivity contribution in [2.75, 3.05) is 0 Å². The first kappa shape index (κ1) is 32.2. The molecule has 1 aliphatic rings. The molecule has 4 nitrogen and oxygen atoms in total. The molecule has 0 N–H and O–H groups in total. The highest BCUT2D eigenvalue weighted by atomic mass is 32.1. The molecule has 0 spiro atoms. The van der Waals surface area contributed by atoms with Gasteiger partial charge in [-0.15, -0.1) is 11.3 Å². The molecule has 268 valence electrons. The first-order valence-corrected chi connectivity index (χ1v) is 20.3. The van der Waals surface area contributed by atoms with E-state index in [4.69, 9.17) is 14.4 Å². The van der Waals surface area contributed by atoms with Gasteiger partial charge in [-0.2, -0.15) is 0 Å². The van der Waals surface area contributed by atoms with Crippen LogP contribution in [0.25, 0.3) is 117 Å². The second kappa shape index (κ2) is 12.7. The van der Waals surface area contributed by atoms with Gasteiger partial charge in [0.15, 0.2) is 5.82 Å². The van der Waals surface area contributed by atoms with Gasteiger partial charge in [-0.3, -0.25) is 0 Å². The first-order chi connectivity index (χ1) is 28.2. The summed E-state index contributed by atoms with van der Waals surface area (Å²) in [4.78, 5) is 10.4. The van der Waals surface area contributed by atoms with Crippen LogP contribution in [0, 0.1) is 0 Å². The number of rotatable bonds is 5. The van der Waals surface area contributed by atoms with Crippen molar-refractivity contribution in [3.05, 3.63) is 174 Å². The van der Waals surface area contributed by atoms with Crippen LogP contribution in [0.4, 0.5) is 0 Å². The van der Waals surface area contributed by atoms with Crippen molar-refractivity contribution >= 4 is 77.3 Å². The van der Waals surface area contributed by atoms with E-state index in [0.717, 1.165) is 90.5 Å². The molecule has 0 atom stereocenters. The fourth-order valence-corrected chi connectivity index (χ4v) is 10.1. The van der Waals surface area contributed by atoms with Gasteiger partial charge in [0, 0.05) is 58.7 Å². The number of furan rings is 1. The molecule has 0 bridgehead atoms. The van der Waals surface area contributed by atoms with Crippen LogP contribution in [-0.2, 0) is 0 Å². The van der Waals surface area contributed by atoms with Gasteiger partial charge in [-0.25, -0.2) is 9.97 Å². The van der Waals surface area contributed by atoms with Gasteiger partial charge in [-0.05, 0) is 72.2 Å². The van der Waals surface area contributed by atoms with E-state index < -0.39 is 0 Å². The lowest BCUT2D eigenvalue weighted by molar-refractivity contribution is 0.673. The van der Waals surface area contributed by atoms with Crippen LogP contribution in [0.1, 0.15) is 12.8 Å². The summed E-state index contributed by atoms with van der Waals surface area (Å²) >= 11 is 1.90. The standard InChI is InChI=1S/C52H33N3OS/c1-3-14-32(15-4-1)43-31-44(33-16-5-2-6-17-33)54-52(53-43)35-19-13-18-34(28-35)41-29-36(30-42-38-21-9-12-25-48(38)57-51(41)42)55-45-23-10-7-22-40(45)49-46(55)27-26-39-37-20-8-11-24-47(37)56-50(39)49/h1-8,10-11,13-31H,9,12H2. The Labute approximate surface area is 331 Å². The van der Waals surface area contributed by atoms with Crippen molar-refractivity contribution < 1.29 is 4.42 Å². The number of hydrogen-bond donors (Lipinski definition) is 0. The van der Waals surface area contributed by atoms with E-state index >= 15 is 0 Å². The molecule has 0 aliphatic heterocycles. The maximum Gasteiger partial charge on any atom is 0.160 e. The number of fused-ring (bicyclic) bond motifs is 10. The summed E-state index contributed by atoms with van der Waals surface area (Å²) < 4.78 is 11.7. The quantitative estimate of drug-likeness (QED) is 0.176. The van der Waals surface area contributed by atoms with Crippen LogP contribution in [0.15, 0.2) is 168 Å². The molecule has 4 heterocycles. The Bertz CT molecular complexity index is 3460. The number of benzene rings is 7. The lowest BCUT2D eigenvalue weighted by atomic mass is 9.99. The van der Waals surface area contributed by atoms with Crippen LogP contribution in [0.2, 0.25) is 0 Å². The Kier molecular flexibility index (Phi) is 7.19. The van der Waals surface area contributed by atoms with Crippen LogP contribution in [0.5, 0.6) is 0 Å². The summed E-state index contributed by atoms with van der Waals surface area (Å²) in [6.45, 7) is 0. The van der Waals surface area contributed by atoms with Gasteiger partial charge < -0.3 is 8.98 Å². The fourth-order valence-electron chi connectivity index (χ4n) is 8.80. The zero-order valence-electron chi connectivity index (χ0n) is 30.8. The van der Waals surface area contributed by atoms with Crippen LogP contribution in [-0.4, -0.2) is 14.5 Å². The Morgan fingerprint density at radius 3 is 2.00 bits per heavy atom. The fraction of sp³-hybridized carbons (Fsp3) is 0.0385. The van der Waals surface area contributed by atoms with Gasteiger partial charge in [-0.1, -0.05) is 127 Å². The van der Waals surface area contributed by atoms with Gasteiger partial charge in [0.05, 0.1) is 27.8 Å². The van der Waals surface area contributed by atoms with E-state index in [1.54, 1.807) is 0 Å². The van der Waals surface area contributed by atoms with E-state index in [2.05, 4.69) is 162 Å². The molecule has 5 heteroatoms. The molecule has 1 aliphatic carbocycles. The first-order valence-electron chi connectivity index (χ1n) is 19.5. The third-order valence-corrected chi connectivity index (χ3v) is 12.7. The predicted molar refractivity (Wildman–Crippen MR) is 238 cm³/mol. The van der Waals surface area contributed by atoms with Gasteiger partial charge >= 0.3 is 0 Å². The smallest absolute Gasteiger partial charge is 0.160 e. The summed E-state index contributed by atoms with van der Waals surface area (Å²) in [6, 6.07) is 58.0. The zero-order chi connectivity index (χ0) is 37.5. The second-order valence-electron chi connectivity index (χ2n) is 14.8. The minimum absolute atomic E-state index is 0.703. The van der Waals surface area contributed by atoms with Crippen LogP contribution < -0.4 is 9.75 Å². The summed E-state index contributed by atoms with van der Waals surface area (Å²) in [6.07, 6.45) is 6.95. The van der Waals surface area contributed by atoms with E-state index in [9.17, 15) is 0 Å². The molecular weight excluding hydrogens is 715 g/mol. The van der Waals surface area contributed by atoms with Crippen molar-refractivity contribution in [2.24, 2.45) is 0 Å². The van der Waals surface area contributed by atoms with Gasteiger partial charge in [0.2, 0.25) is 0 Å². The summed E-state index contributed by atoms with van der Waals surface area (Å²) in [5.41, 5.74) is 12.5. The van der Waals surface area contributed by atoms with Crippen molar-refractivity contribution in [3.63, 3.8) is 0 Å². The molecule has 12 rings (SSSR count). The Hall–Kier alpha value is -7.08. The molecule has 0 amide bonds. The molecule has 4 aromatic heterocycles. The summed E-state index contributed by atoms with van der Waals surface area (Å²) in [7, 11) is 0. The van der Waals surface area contributed by atoms with Crippen molar-refractivity contribution in [1.82, 2.24) is 14.5 Å². The molecule has 0 fully saturated rings. The van der Waals surface area contributed by atoms with Crippen molar-refractivity contribution in [1.29, 1.82) is 0 Å². The summed E-state index contributed by atoms with van der Waals surface area (Å²) in [5.74, 6) is 0.703. The topological polar surface area (TPSA) is 43.9 Å². The third kappa shape index (κ3) is 5.13. The van der Waals surface area contributed by atoms with Crippen molar-refractivity contribution in [2.45, 2.75) is 12.8 Å². The molecule has 0 unspecified atom stereocenters. The SMILES string of the molecule is C1=c2sc3c(-c4cccc(-c5nc(-c6ccccc6)cc(-c6ccccc6)n5)c4)cc(-n4c5ccccc5c5c6oc7ccccc7c6ccc54)cc3c2=CCC1. The minimum Gasteiger partial charge on any atom is -0.455 e. The maximum absolute atomic E-state index is 6.64. The third-order valence-electron chi connectivity index (χ3n) is 11.4. The van der Waals surface area contributed by atoms with E-state index in [1.807, 2.05) is 29.5 Å². The average Bonchev–Trinajstić information content (AvgIpc) is 3.96. The number of thiophene rings is 1. The Morgan fingerprint density at radius 2 is 1.19 bits per heavy atom. The number of hydrogen-bond acceptors (Lipinski definition) is 4. The van der Waals surface area contributed by atoms with Gasteiger partial charge in [0.1, 0.15) is 11.2 Å². The lowest BCUT2D eigenvalue weighted by Crippen LogP contribution is -2.20. The van der Waals surface area contributed by atoms with Crippen LogP contribution >= 0.6 is 11.3 Å². The normalized spacial score (nSPS) is 12.7. The average molecular weight is 748 g/mol. The number of nitrogens with zero attached hydrogens (tertiary/aromatic N) is 3. The van der Waals surface area contributed by atoms with Crippen molar-refractivity contribution in [3.8, 4) is 50.7 Å². The maximum atomic E-state index is 6.64. The van der Waals surface area contributed by atoms with E-state index in [0.29, 0.717) is 5.82 Å². The molecule has 7 aromatic carbocycles. The number of aromatic nitrogens is 3. The Morgan fingerprint density at radius 1 is 0.509 bits per heavy atom.